The average molecular weight is 302 g/mol. The molecule has 0 N–H and O–H groups in total. The third-order valence-corrected chi connectivity index (χ3v) is 3.70. The Morgan fingerprint density at radius 3 is 2.64 bits per heavy atom. The average Bonchev–Trinajstić information content (AvgIpc) is 2.88. The van der Waals surface area contributed by atoms with Crippen molar-refractivity contribution in [2.45, 2.75) is 32.3 Å². The second kappa shape index (κ2) is 6.71. The second-order valence-corrected chi connectivity index (χ2v) is 6.58. The van der Waals surface area contributed by atoms with Crippen LogP contribution in [0.3, 0.4) is 0 Å². The lowest BCUT2D eigenvalue weighted by atomic mass is 9.89. The lowest BCUT2D eigenvalue weighted by Crippen LogP contribution is -2.35. The van der Waals surface area contributed by atoms with Gasteiger partial charge in [0, 0.05) is 30.5 Å². The van der Waals surface area contributed by atoms with Gasteiger partial charge in [-0.2, -0.15) is 0 Å². The zero-order valence-corrected chi connectivity index (χ0v) is 13.3. The van der Waals surface area contributed by atoms with E-state index in [1.54, 1.807) is 4.90 Å². The van der Waals surface area contributed by atoms with Crippen molar-refractivity contribution in [1.29, 1.82) is 0 Å². The maximum atomic E-state index is 12.3. The fourth-order valence-corrected chi connectivity index (χ4v) is 2.75. The minimum Gasteiger partial charge on any atom is -0.444 e. The van der Waals surface area contributed by atoms with Gasteiger partial charge in [-0.25, -0.2) is 4.79 Å². The topological polar surface area (TPSA) is 78.3 Å². The van der Waals surface area contributed by atoms with Crippen molar-refractivity contribution in [3.63, 3.8) is 0 Å². The Labute approximate surface area is 130 Å². The summed E-state index contributed by atoms with van der Waals surface area (Å²) >= 11 is 0. The molecule has 0 radical (unpaired) electrons. The normalized spacial score (nSPS) is 21.3. The van der Waals surface area contributed by atoms with Gasteiger partial charge in [0.15, 0.2) is 0 Å². The van der Waals surface area contributed by atoms with Gasteiger partial charge in [-0.15, -0.1) is 0 Å². The van der Waals surface area contributed by atoms with Crippen LogP contribution in [0.15, 0.2) is 35.4 Å². The highest BCUT2D eigenvalue weighted by molar-refractivity contribution is 5.68. The van der Waals surface area contributed by atoms with Crippen LogP contribution in [0.1, 0.15) is 32.3 Å². The fourth-order valence-electron chi connectivity index (χ4n) is 2.75. The minimum absolute atomic E-state index is 0.116. The van der Waals surface area contributed by atoms with E-state index in [0.29, 0.717) is 19.6 Å². The van der Waals surface area contributed by atoms with Gasteiger partial charge in [0.05, 0.1) is 0 Å². The summed E-state index contributed by atoms with van der Waals surface area (Å²) in [6.07, 6.45) is -0.308. The molecule has 1 aliphatic heterocycles. The number of carbonyl (C=O) groups is 1. The summed E-state index contributed by atoms with van der Waals surface area (Å²) in [5, 5.41) is 3.70. The molecule has 1 amide bonds. The lowest BCUT2D eigenvalue weighted by Gasteiger charge is -2.24. The van der Waals surface area contributed by atoms with E-state index in [1.165, 1.54) is 0 Å². The molecule has 2 unspecified atom stereocenters. The maximum absolute atomic E-state index is 12.3. The number of benzene rings is 1. The van der Waals surface area contributed by atoms with Crippen molar-refractivity contribution in [1.82, 2.24) is 4.90 Å². The zero-order valence-electron chi connectivity index (χ0n) is 13.3. The van der Waals surface area contributed by atoms with Crippen LogP contribution < -0.4 is 0 Å². The quantitative estimate of drug-likeness (QED) is 0.481. The predicted octanol–water partition coefficient (Wildman–Crippen LogP) is 3.95. The number of hydrogen-bond acceptors (Lipinski definition) is 3. The molecular weight excluding hydrogens is 280 g/mol. The number of nitrogens with zero attached hydrogens (tertiary/aromatic N) is 4. The molecule has 2 atom stereocenters. The Kier molecular flexibility index (Phi) is 4.93. The summed E-state index contributed by atoms with van der Waals surface area (Å²) in [5.41, 5.74) is 9.21. The van der Waals surface area contributed by atoms with E-state index in [9.17, 15) is 4.79 Å². The van der Waals surface area contributed by atoms with Gasteiger partial charge in [0.1, 0.15) is 5.60 Å². The number of carbonyl (C=O) groups excluding carboxylic acids is 1. The van der Waals surface area contributed by atoms with Crippen LogP contribution >= 0.6 is 0 Å². The first-order valence-electron chi connectivity index (χ1n) is 7.44. The first-order valence-corrected chi connectivity index (χ1v) is 7.44. The summed E-state index contributed by atoms with van der Waals surface area (Å²) in [6.45, 7) is 7.08. The second-order valence-electron chi connectivity index (χ2n) is 6.58. The monoisotopic (exact) mass is 302 g/mol. The SMILES string of the molecule is CC(C)(C)OC(=O)N1CC(CN=[N+]=[N-])C(c2ccccc2)C1. The van der Waals surface area contributed by atoms with E-state index in [1.807, 2.05) is 51.1 Å². The molecule has 22 heavy (non-hydrogen) atoms. The number of rotatable bonds is 3. The number of likely N-dealkylation sites (tertiary alicyclic amines) is 1. The Hall–Kier alpha value is -2.20. The summed E-state index contributed by atoms with van der Waals surface area (Å²) < 4.78 is 5.44. The highest BCUT2D eigenvalue weighted by Crippen LogP contribution is 2.33. The van der Waals surface area contributed by atoms with Crippen molar-refractivity contribution in [3.8, 4) is 0 Å². The van der Waals surface area contributed by atoms with Crippen LogP contribution in [0.25, 0.3) is 10.4 Å². The largest absolute Gasteiger partial charge is 0.444 e. The molecule has 0 spiro atoms. The van der Waals surface area contributed by atoms with E-state index >= 15 is 0 Å². The molecule has 6 heteroatoms. The van der Waals surface area contributed by atoms with Crippen LogP contribution in [0.2, 0.25) is 0 Å². The molecule has 1 aromatic carbocycles. The Morgan fingerprint density at radius 2 is 2.05 bits per heavy atom. The van der Waals surface area contributed by atoms with Gasteiger partial charge in [-0.3, -0.25) is 0 Å². The molecule has 1 aliphatic rings. The fraction of sp³-hybridized carbons (Fsp3) is 0.562. The number of azide groups is 1. The van der Waals surface area contributed by atoms with Crippen LogP contribution in [0.4, 0.5) is 4.79 Å². The van der Waals surface area contributed by atoms with Gasteiger partial charge < -0.3 is 9.64 Å². The smallest absolute Gasteiger partial charge is 0.410 e. The Balaban J connectivity index is 2.14. The molecule has 0 saturated carbocycles. The molecule has 0 bridgehead atoms. The van der Waals surface area contributed by atoms with Crippen molar-refractivity contribution >= 4 is 6.09 Å². The van der Waals surface area contributed by atoms with Gasteiger partial charge >= 0.3 is 6.09 Å². The molecule has 1 fully saturated rings. The van der Waals surface area contributed by atoms with Crippen LogP contribution in [-0.4, -0.2) is 36.2 Å². The summed E-state index contributed by atoms with van der Waals surface area (Å²) in [7, 11) is 0. The van der Waals surface area contributed by atoms with E-state index in [-0.39, 0.29) is 17.9 Å². The number of amides is 1. The molecule has 1 saturated heterocycles. The van der Waals surface area contributed by atoms with Crippen LogP contribution in [0, 0.1) is 5.92 Å². The van der Waals surface area contributed by atoms with Crippen molar-refractivity contribution in [3.05, 3.63) is 46.3 Å². The molecule has 118 valence electrons. The van der Waals surface area contributed by atoms with Gasteiger partial charge in [0.25, 0.3) is 0 Å². The van der Waals surface area contributed by atoms with E-state index in [4.69, 9.17) is 10.3 Å². The third kappa shape index (κ3) is 4.15. The summed E-state index contributed by atoms with van der Waals surface area (Å²) in [4.78, 5) is 16.8. The third-order valence-electron chi connectivity index (χ3n) is 3.70. The molecule has 0 aliphatic carbocycles. The van der Waals surface area contributed by atoms with Crippen molar-refractivity contribution < 1.29 is 9.53 Å². The van der Waals surface area contributed by atoms with Gasteiger partial charge in [-0.1, -0.05) is 35.4 Å². The Morgan fingerprint density at radius 1 is 1.36 bits per heavy atom. The first kappa shape index (κ1) is 16.2. The van der Waals surface area contributed by atoms with Crippen molar-refractivity contribution in [2.75, 3.05) is 19.6 Å². The molecule has 0 aromatic heterocycles. The van der Waals surface area contributed by atoms with Crippen molar-refractivity contribution in [2.24, 2.45) is 11.0 Å². The number of hydrogen-bond donors (Lipinski definition) is 0. The standard InChI is InChI=1S/C16H22N4O2/c1-16(2,3)22-15(21)20-10-13(9-18-19-17)14(11-20)12-7-5-4-6-8-12/h4-8,13-14H,9-11H2,1-3H3. The van der Waals surface area contributed by atoms with Gasteiger partial charge in [-0.05, 0) is 37.8 Å². The predicted molar refractivity (Wildman–Crippen MR) is 84.5 cm³/mol. The molecule has 2 rings (SSSR count). The summed E-state index contributed by atoms with van der Waals surface area (Å²) in [6, 6.07) is 10.0. The Bertz CT molecular complexity index is 561. The minimum atomic E-state index is -0.512. The summed E-state index contributed by atoms with van der Waals surface area (Å²) in [5.74, 6) is 0.282. The molecule has 1 aromatic rings. The van der Waals surface area contributed by atoms with Gasteiger partial charge in [0.2, 0.25) is 0 Å². The van der Waals surface area contributed by atoms with Crippen LogP contribution in [-0.2, 0) is 4.74 Å². The molecular formula is C16H22N4O2. The molecule has 6 nitrogen and oxygen atoms in total. The highest BCUT2D eigenvalue weighted by Gasteiger charge is 2.37. The molecule has 1 heterocycles. The van der Waals surface area contributed by atoms with E-state index < -0.39 is 5.60 Å². The lowest BCUT2D eigenvalue weighted by molar-refractivity contribution is 0.0287. The van der Waals surface area contributed by atoms with E-state index in [0.717, 1.165) is 5.56 Å². The maximum Gasteiger partial charge on any atom is 0.410 e. The number of ether oxygens (including phenoxy) is 1. The zero-order chi connectivity index (χ0) is 16.2. The first-order chi connectivity index (χ1) is 10.4. The van der Waals surface area contributed by atoms with E-state index in [2.05, 4.69) is 10.0 Å². The van der Waals surface area contributed by atoms with Crippen LogP contribution in [0.5, 0.6) is 0 Å². The highest BCUT2D eigenvalue weighted by atomic mass is 16.6.